The van der Waals surface area contributed by atoms with Gasteiger partial charge < -0.3 is 0 Å². The molecule has 260 valence electrons. The van der Waals surface area contributed by atoms with Crippen molar-refractivity contribution in [2.75, 3.05) is 0 Å². The molecule has 0 amide bonds. The van der Waals surface area contributed by atoms with Crippen molar-refractivity contribution >= 4 is 0 Å². The molecule has 43 heavy (non-hydrogen) atoms. The van der Waals surface area contributed by atoms with Crippen molar-refractivity contribution in [1.82, 2.24) is 0 Å². The second-order valence-corrected chi connectivity index (χ2v) is 15.3. The first-order chi connectivity index (χ1) is 21.2. The van der Waals surface area contributed by atoms with Gasteiger partial charge in [-0.1, -0.05) is 265 Å². The summed E-state index contributed by atoms with van der Waals surface area (Å²) < 4.78 is 0. The topological polar surface area (TPSA) is 0 Å². The summed E-state index contributed by atoms with van der Waals surface area (Å²) in [5, 5.41) is 0. The standard InChI is InChI=1S/C43H88/c1-5-7-9-11-13-15-17-18-19-20-21-22-23-24-25-26-28-30-32-35-39-43(4)41-37-33-36-40-42(3)38-34-31-29-27-16-14-12-10-8-6-2/h42-43H,5-41H2,1-4H3. The van der Waals surface area contributed by atoms with Crippen molar-refractivity contribution in [2.24, 2.45) is 11.8 Å². The summed E-state index contributed by atoms with van der Waals surface area (Å²) in [6, 6.07) is 0. The minimum absolute atomic E-state index is 0.958. The van der Waals surface area contributed by atoms with Gasteiger partial charge in [-0.25, -0.2) is 0 Å². The highest BCUT2D eigenvalue weighted by Gasteiger charge is 2.05. The third-order valence-corrected chi connectivity index (χ3v) is 10.5. The largest absolute Gasteiger partial charge is 0.0654 e. The molecular weight excluding hydrogens is 516 g/mol. The second kappa shape index (κ2) is 38.2. The van der Waals surface area contributed by atoms with E-state index in [-0.39, 0.29) is 0 Å². The van der Waals surface area contributed by atoms with E-state index in [4.69, 9.17) is 0 Å². The normalized spacial score (nSPS) is 13.1. The van der Waals surface area contributed by atoms with Gasteiger partial charge in [0.15, 0.2) is 0 Å². The van der Waals surface area contributed by atoms with E-state index < -0.39 is 0 Å². The molecule has 0 aromatic carbocycles. The maximum atomic E-state index is 2.52. The van der Waals surface area contributed by atoms with Crippen LogP contribution in [0.1, 0.15) is 265 Å². The lowest BCUT2D eigenvalue weighted by Gasteiger charge is -2.13. The van der Waals surface area contributed by atoms with Crippen LogP contribution in [0.5, 0.6) is 0 Å². The molecule has 0 saturated heterocycles. The van der Waals surface area contributed by atoms with Crippen LogP contribution in [0.4, 0.5) is 0 Å². The fourth-order valence-electron chi connectivity index (χ4n) is 7.18. The molecule has 0 fully saturated rings. The Morgan fingerprint density at radius 1 is 0.209 bits per heavy atom. The Morgan fingerprint density at radius 3 is 0.535 bits per heavy atom. The maximum Gasteiger partial charge on any atom is -0.0443 e. The fourth-order valence-corrected chi connectivity index (χ4v) is 7.18. The van der Waals surface area contributed by atoms with Crippen LogP contribution in [0.3, 0.4) is 0 Å². The molecule has 0 aliphatic carbocycles. The lowest BCUT2D eigenvalue weighted by molar-refractivity contribution is 0.407. The smallest absolute Gasteiger partial charge is 0.0443 e. The van der Waals surface area contributed by atoms with E-state index >= 15 is 0 Å². The monoisotopic (exact) mass is 605 g/mol. The van der Waals surface area contributed by atoms with E-state index in [1.165, 1.54) is 238 Å². The first-order valence-corrected chi connectivity index (χ1v) is 21.2. The summed E-state index contributed by atoms with van der Waals surface area (Å²) in [5.41, 5.74) is 0. The van der Waals surface area contributed by atoms with Crippen LogP contribution in [0.2, 0.25) is 0 Å². The Labute approximate surface area is 276 Å². The quantitative estimate of drug-likeness (QED) is 0.0615. The molecule has 0 aromatic rings. The first kappa shape index (κ1) is 43.0. The lowest BCUT2D eigenvalue weighted by Crippen LogP contribution is -1.97. The van der Waals surface area contributed by atoms with Gasteiger partial charge in [-0.3, -0.25) is 0 Å². The summed E-state index contributed by atoms with van der Waals surface area (Å²) in [6.07, 6.45) is 54.6. The van der Waals surface area contributed by atoms with Gasteiger partial charge in [0.05, 0.1) is 0 Å². The van der Waals surface area contributed by atoms with Crippen molar-refractivity contribution in [3.63, 3.8) is 0 Å². The minimum atomic E-state index is 0.958. The SMILES string of the molecule is CCCCCCCCCCCCCCCCCCCCCCC(C)CCCCCC(C)CCCCCCCCCCCC. The molecule has 0 nitrogen and oxygen atoms in total. The van der Waals surface area contributed by atoms with Crippen molar-refractivity contribution < 1.29 is 0 Å². The van der Waals surface area contributed by atoms with Crippen LogP contribution < -0.4 is 0 Å². The van der Waals surface area contributed by atoms with Crippen LogP contribution >= 0.6 is 0 Å². The Bertz CT molecular complexity index is 467. The van der Waals surface area contributed by atoms with E-state index in [0.717, 1.165) is 11.8 Å². The van der Waals surface area contributed by atoms with Gasteiger partial charge in [-0.05, 0) is 11.8 Å². The van der Waals surface area contributed by atoms with E-state index in [0.29, 0.717) is 0 Å². The first-order valence-electron chi connectivity index (χ1n) is 21.2. The van der Waals surface area contributed by atoms with E-state index in [1.54, 1.807) is 0 Å². The Morgan fingerprint density at radius 2 is 0.349 bits per heavy atom. The molecule has 0 aliphatic heterocycles. The molecule has 0 rings (SSSR count). The van der Waals surface area contributed by atoms with E-state index in [1.807, 2.05) is 0 Å². The van der Waals surface area contributed by atoms with Gasteiger partial charge in [0, 0.05) is 0 Å². The highest BCUT2D eigenvalue weighted by atomic mass is 14.1. The molecular formula is C43H88. The molecule has 0 bridgehead atoms. The van der Waals surface area contributed by atoms with Gasteiger partial charge in [0.1, 0.15) is 0 Å². The number of rotatable bonds is 38. The van der Waals surface area contributed by atoms with E-state index in [2.05, 4.69) is 27.7 Å². The van der Waals surface area contributed by atoms with Crippen molar-refractivity contribution in [1.29, 1.82) is 0 Å². The van der Waals surface area contributed by atoms with Crippen LogP contribution in [0.15, 0.2) is 0 Å². The zero-order valence-corrected chi connectivity index (χ0v) is 31.3. The van der Waals surface area contributed by atoms with Crippen LogP contribution in [-0.2, 0) is 0 Å². The van der Waals surface area contributed by atoms with Crippen LogP contribution in [-0.4, -0.2) is 0 Å². The molecule has 2 unspecified atom stereocenters. The third-order valence-electron chi connectivity index (χ3n) is 10.5. The predicted octanol–water partition coefficient (Wildman–Crippen LogP) is 16.7. The highest BCUT2D eigenvalue weighted by molar-refractivity contribution is 4.59. The Kier molecular flexibility index (Phi) is 38.2. The van der Waals surface area contributed by atoms with Gasteiger partial charge in [0.2, 0.25) is 0 Å². The fraction of sp³-hybridized carbons (Fsp3) is 1.00. The number of unbranched alkanes of at least 4 members (excludes halogenated alkanes) is 30. The molecule has 0 radical (unpaired) electrons. The summed E-state index contributed by atoms with van der Waals surface area (Å²) in [4.78, 5) is 0. The van der Waals surface area contributed by atoms with Gasteiger partial charge >= 0.3 is 0 Å². The lowest BCUT2D eigenvalue weighted by atomic mass is 9.93. The Hall–Kier alpha value is 0. The van der Waals surface area contributed by atoms with Gasteiger partial charge in [-0.2, -0.15) is 0 Å². The zero-order chi connectivity index (χ0) is 31.3. The van der Waals surface area contributed by atoms with Gasteiger partial charge in [0.25, 0.3) is 0 Å². The summed E-state index contributed by atoms with van der Waals surface area (Å²) in [7, 11) is 0. The molecule has 0 spiro atoms. The molecule has 0 heteroatoms. The number of hydrogen-bond donors (Lipinski definition) is 0. The molecule has 0 saturated carbocycles. The summed E-state index contributed by atoms with van der Waals surface area (Å²) in [6.45, 7) is 9.65. The Balaban J connectivity index is 3.22. The maximum absolute atomic E-state index is 2.52. The van der Waals surface area contributed by atoms with Gasteiger partial charge in [-0.15, -0.1) is 0 Å². The molecule has 0 N–H and O–H groups in total. The molecule has 0 heterocycles. The van der Waals surface area contributed by atoms with Crippen LogP contribution in [0, 0.1) is 11.8 Å². The summed E-state index contributed by atoms with van der Waals surface area (Å²) in [5.74, 6) is 1.92. The highest BCUT2D eigenvalue weighted by Crippen LogP contribution is 2.22. The average molecular weight is 605 g/mol. The van der Waals surface area contributed by atoms with Crippen molar-refractivity contribution in [3.05, 3.63) is 0 Å². The van der Waals surface area contributed by atoms with E-state index in [9.17, 15) is 0 Å². The second-order valence-electron chi connectivity index (χ2n) is 15.3. The third kappa shape index (κ3) is 38.1. The number of hydrogen-bond acceptors (Lipinski definition) is 0. The van der Waals surface area contributed by atoms with Crippen molar-refractivity contribution in [3.8, 4) is 0 Å². The average Bonchev–Trinajstić information content (AvgIpc) is 3.00. The summed E-state index contributed by atoms with van der Waals surface area (Å²) >= 11 is 0. The van der Waals surface area contributed by atoms with Crippen LogP contribution in [0.25, 0.3) is 0 Å². The minimum Gasteiger partial charge on any atom is -0.0654 e. The molecule has 0 aliphatic rings. The van der Waals surface area contributed by atoms with Crippen molar-refractivity contribution in [2.45, 2.75) is 265 Å². The molecule has 2 atom stereocenters. The zero-order valence-electron chi connectivity index (χ0n) is 31.3. The predicted molar refractivity (Wildman–Crippen MR) is 201 cm³/mol. The molecule has 0 aromatic heterocycles.